The maximum atomic E-state index is 12.0. The minimum atomic E-state index is -3.61. The van der Waals surface area contributed by atoms with E-state index in [0.717, 1.165) is 0 Å². The lowest BCUT2D eigenvalue weighted by Gasteiger charge is -2.05. The number of sulfonamides is 1. The molecule has 2 rings (SSSR count). The molecule has 0 aliphatic heterocycles. The molecule has 6 nitrogen and oxygen atoms in total. The molecule has 0 bridgehead atoms. The second-order valence-electron chi connectivity index (χ2n) is 3.87. The zero-order chi connectivity index (χ0) is 13.9. The molecule has 98 valence electrons. The van der Waals surface area contributed by atoms with Gasteiger partial charge in [-0.2, -0.15) is 5.26 Å². The molecule has 7 heteroatoms. The predicted octanol–water partition coefficient (Wildman–Crippen LogP) is 1.33. The highest BCUT2D eigenvalue weighted by Gasteiger charge is 2.14. The quantitative estimate of drug-likeness (QED) is 0.909. The Morgan fingerprint density at radius 2 is 2.05 bits per heavy atom. The van der Waals surface area contributed by atoms with Crippen LogP contribution in [0, 0.1) is 18.3 Å². The molecule has 1 heterocycles. The fraction of sp³-hybridized carbons (Fsp3) is 0.167. The Kier molecular flexibility index (Phi) is 3.64. The molecule has 2 aromatic rings. The third-order valence-corrected chi connectivity index (χ3v) is 4.01. The van der Waals surface area contributed by atoms with E-state index >= 15 is 0 Å². The number of hydrogen-bond donors (Lipinski definition) is 1. The Morgan fingerprint density at radius 1 is 1.37 bits per heavy atom. The number of nitrogens with one attached hydrogen (secondary N) is 1. The van der Waals surface area contributed by atoms with Crippen LogP contribution in [-0.2, 0) is 16.6 Å². The van der Waals surface area contributed by atoms with Crippen LogP contribution in [0.25, 0.3) is 0 Å². The molecule has 0 unspecified atom stereocenters. The fourth-order valence-corrected chi connectivity index (χ4v) is 2.46. The van der Waals surface area contributed by atoms with Crippen molar-refractivity contribution in [3.8, 4) is 6.07 Å². The normalized spacial score (nSPS) is 11.2. The van der Waals surface area contributed by atoms with Crippen molar-refractivity contribution in [2.24, 2.45) is 0 Å². The highest BCUT2D eigenvalue weighted by atomic mass is 32.2. The van der Waals surface area contributed by atoms with E-state index in [1.54, 1.807) is 6.92 Å². The molecule has 19 heavy (non-hydrogen) atoms. The van der Waals surface area contributed by atoms with Crippen molar-refractivity contribution in [2.75, 3.05) is 0 Å². The number of benzene rings is 1. The standard InChI is InChI=1S/C12H11N3O3S/c1-9-11(7-14-18-9)8-15-19(16,17)12-4-2-10(6-13)3-5-12/h2-5,7,15H,8H2,1H3. The van der Waals surface area contributed by atoms with Gasteiger partial charge in [-0.05, 0) is 31.2 Å². The average molecular weight is 277 g/mol. The summed E-state index contributed by atoms with van der Waals surface area (Å²) < 4.78 is 31.3. The van der Waals surface area contributed by atoms with Crippen molar-refractivity contribution in [3.05, 3.63) is 47.3 Å². The minimum Gasteiger partial charge on any atom is -0.361 e. The molecule has 0 saturated carbocycles. The first kappa shape index (κ1) is 13.3. The van der Waals surface area contributed by atoms with Gasteiger partial charge in [-0.15, -0.1) is 0 Å². The lowest BCUT2D eigenvalue weighted by atomic mass is 10.2. The molecular formula is C12H11N3O3S. The first-order valence-corrected chi connectivity index (χ1v) is 6.91. The van der Waals surface area contributed by atoms with Crippen molar-refractivity contribution >= 4 is 10.0 Å². The topological polar surface area (TPSA) is 96.0 Å². The van der Waals surface area contributed by atoms with Crippen LogP contribution in [0.4, 0.5) is 0 Å². The Hall–Kier alpha value is -2.17. The summed E-state index contributed by atoms with van der Waals surface area (Å²) in [5, 5.41) is 12.2. The van der Waals surface area contributed by atoms with Crippen LogP contribution in [-0.4, -0.2) is 13.6 Å². The summed E-state index contributed by atoms with van der Waals surface area (Å²) >= 11 is 0. The highest BCUT2D eigenvalue weighted by Crippen LogP contribution is 2.12. The summed E-state index contributed by atoms with van der Waals surface area (Å²) in [5.41, 5.74) is 1.09. The van der Waals surface area contributed by atoms with Gasteiger partial charge in [0.2, 0.25) is 10.0 Å². The second-order valence-corrected chi connectivity index (χ2v) is 5.63. The fourth-order valence-electron chi connectivity index (χ4n) is 1.45. The summed E-state index contributed by atoms with van der Waals surface area (Å²) in [4.78, 5) is 0.112. The SMILES string of the molecule is Cc1oncc1CNS(=O)(=O)c1ccc(C#N)cc1. The van der Waals surface area contributed by atoms with Gasteiger partial charge in [-0.25, -0.2) is 13.1 Å². The van der Waals surface area contributed by atoms with E-state index in [1.807, 2.05) is 6.07 Å². The lowest BCUT2D eigenvalue weighted by Crippen LogP contribution is -2.23. The molecule has 1 aromatic carbocycles. The van der Waals surface area contributed by atoms with Crippen LogP contribution in [0.2, 0.25) is 0 Å². The second kappa shape index (κ2) is 5.22. The molecule has 1 N–H and O–H groups in total. The van der Waals surface area contributed by atoms with Crippen LogP contribution in [0.5, 0.6) is 0 Å². The van der Waals surface area contributed by atoms with Crippen LogP contribution in [0.3, 0.4) is 0 Å². The van der Waals surface area contributed by atoms with Gasteiger partial charge in [0.25, 0.3) is 0 Å². The Bertz CT molecular complexity index is 711. The van der Waals surface area contributed by atoms with Crippen LogP contribution in [0.1, 0.15) is 16.9 Å². The van der Waals surface area contributed by atoms with Crippen molar-refractivity contribution in [3.63, 3.8) is 0 Å². The van der Waals surface area contributed by atoms with E-state index in [1.165, 1.54) is 30.5 Å². The van der Waals surface area contributed by atoms with Gasteiger partial charge in [0, 0.05) is 12.1 Å². The van der Waals surface area contributed by atoms with Gasteiger partial charge in [0.05, 0.1) is 22.7 Å². The van der Waals surface area contributed by atoms with E-state index in [2.05, 4.69) is 9.88 Å². The van der Waals surface area contributed by atoms with E-state index < -0.39 is 10.0 Å². The van der Waals surface area contributed by atoms with Crippen molar-refractivity contribution in [1.82, 2.24) is 9.88 Å². The maximum Gasteiger partial charge on any atom is 0.240 e. The van der Waals surface area contributed by atoms with Crippen LogP contribution in [0.15, 0.2) is 39.9 Å². The molecule has 0 saturated heterocycles. The zero-order valence-corrected chi connectivity index (χ0v) is 10.9. The maximum absolute atomic E-state index is 12.0. The van der Waals surface area contributed by atoms with E-state index in [0.29, 0.717) is 16.9 Å². The number of nitrogens with zero attached hydrogens (tertiary/aromatic N) is 2. The van der Waals surface area contributed by atoms with Crippen molar-refractivity contribution in [1.29, 1.82) is 5.26 Å². The molecule has 0 amide bonds. The van der Waals surface area contributed by atoms with Crippen molar-refractivity contribution < 1.29 is 12.9 Å². The van der Waals surface area contributed by atoms with Gasteiger partial charge in [-0.1, -0.05) is 5.16 Å². The largest absolute Gasteiger partial charge is 0.361 e. The van der Waals surface area contributed by atoms with Crippen LogP contribution >= 0.6 is 0 Å². The predicted molar refractivity (Wildman–Crippen MR) is 66.4 cm³/mol. The zero-order valence-electron chi connectivity index (χ0n) is 10.1. The minimum absolute atomic E-state index is 0.109. The molecule has 1 aromatic heterocycles. The first-order valence-electron chi connectivity index (χ1n) is 5.43. The number of aromatic nitrogens is 1. The van der Waals surface area contributed by atoms with Gasteiger partial charge in [0.15, 0.2) is 0 Å². The number of nitriles is 1. The van der Waals surface area contributed by atoms with Crippen LogP contribution < -0.4 is 4.72 Å². The Labute approximate surface area is 110 Å². The van der Waals surface area contributed by atoms with Gasteiger partial charge in [-0.3, -0.25) is 0 Å². The summed E-state index contributed by atoms with van der Waals surface area (Å²) in [7, 11) is -3.61. The molecule has 0 radical (unpaired) electrons. The third-order valence-electron chi connectivity index (χ3n) is 2.60. The third kappa shape index (κ3) is 2.99. The molecule has 0 spiro atoms. The summed E-state index contributed by atoms with van der Waals surface area (Å²) in [6.07, 6.45) is 1.47. The molecule has 0 atom stereocenters. The molecule has 0 aliphatic rings. The Balaban J connectivity index is 2.14. The smallest absolute Gasteiger partial charge is 0.240 e. The number of rotatable bonds is 4. The molecule has 0 fully saturated rings. The van der Waals surface area contributed by atoms with Gasteiger partial charge in [0.1, 0.15) is 5.76 Å². The monoisotopic (exact) mass is 277 g/mol. The van der Waals surface area contributed by atoms with Crippen molar-refractivity contribution in [2.45, 2.75) is 18.4 Å². The number of hydrogen-bond acceptors (Lipinski definition) is 5. The van der Waals surface area contributed by atoms with E-state index in [9.17, 15) is 8.42 Å². The summed E-state index contributed by atoms with van der Waals surface area (Å²) in [5.74, 6) is 0.572. The number of aryl methyl sites for hydroxylation is 1. The lowest BCUT2D eigenvalue weighted by molar-refractivity contribution is 0.396. The van der Waals surface area contributed by atoms with Gasteiger partial charge < -0.3 is 4.52 Å². The summed E-state index contributed by atoms with van der Waals surface area (Å²) in [6.45, 7) is 1.82. The molecular weight excluding hydrogens is 266 g/mol. The average Bonchev–Trinajstić information content (AvgIpc) is 2.82. The Morgan fingerprint density at radius 3 is 2.58 bits per heavy atom. The summed E-state index contributed by atoms with van der Waals surface area (Å²) in [6, 6.07) is 7.63. The van der Waals surface area contributed by atoms with E-state index in [-0.39, 0.29) is 11.4 Å². The highest BCUT2D eigenvalue weighted by molar-refractivity contribution is 7.89. The molecule has 0 aliphatic carbocycles. The van der Waals surface area contributed by atoms with Gasteiger partial charge >= 0.3 is 0 Å². The van der Waals surface area contributed by atoms with E-state index in [4.69, 9.17) is 9.78 Å². The first-order chi connectivity index (χ1) is 9.03.